The first-order chi connectivity index (χ1) is 71.4. The number of nitrogens with zero attached hydrogens (tertiary/aromatic N) is 4. The molecule has 0 aliphatic carbocycles. The fourth-order valence-corrected chi connectivity index (χ4v) is 18.2. The molecule has 0 saturated carbocycles. The third-order valence-corrected chi connectivity index (χ3v) is 26.4. The lowest BCUT2D eigenvalue weighted by Gasteiger charge is -2.42. The van der Waals surface area contributed by atoms with E-state index in [2.05, 4.69) is 32.4 Å². The number of nitro benzene ring substituents is 4. The van der Waals surface area contributed by atoms with Crippen molar-refractivity contribution in [1.29, 1.82) is 0 Å². The molecule has 0 spiro atoms. The standard InChI is InChI=1S/C55H70N2O16.C33H36N2O11.C21H34O4.2O2S/c1-8-50(58)68-33-45-34(2)27-42(24-25-46-35(3)28-41(70-46)15-12-26-67-54(61)55(4,5)6)71-48(45)31-47-44(29-36-13-10-9-11-14-36)51(66-7)49(73-47)30-43(72-53(60)38-18-22-40(23-19-38)57(64)65)32-69-52(59)37-16-20-39(21-17-37)56(62)63;1-21(42-2)17-29-28(18-22-7-5-4-6-8-22)31(43-3)30(46-29)19-27(45-33(37)24-11-15-26(16-12-24)35(40)41)20-44-32(36)23-9-13-25(14-10-23)34(38)39;1-7-15(2)13-17(22)10-11-19-16(3)14-18(25-19)9-8-12-24-20(23)21(4,5)6;2*1-3-2/h9-11,13-14,16-23,34,41-49,51H,3,8,12,15,24-33H2,1-2,4-7H3;4-16,21,27-31H,17-20H2,1-3H3;17-19,22H,1,3,8-14H2,2,4-6H3;;/t34?,41-,42-,43-,44-,45?,46?,47-,48?,49+,51+;21?,27-,28-,29-,30+,31+;17-,18-,19?;;/m000../s1. The molecule has 11 rings (SSSR count). The van der Waals surface area contributed by atoms with Crippen LogP contribution in [0.5, 0.6) is 0 Å². The zero-order valence-corrected chi connectivity index (χ0v) is 88.7. The molecule has 0 aromatic heterocycles. The first-order valence-electron chi connectivity index (χ1n) is 49.8. The van der Waals surface area contributed by atoms with Gasteiger partial charge in [-0.1, -0.05) is 94.2 Å². The average Bonchev–Trinajstić information content (AvgIpc) is 1.64. The minimum absolute atomic E-state index is 0.00296. The van der Waals surface area contributed by atoms with Gasteiger partial charge in [0.15, 0.2) is 0 Å². The Morgan fingerprint density at radius 1 is 0.480 bits per heavy atom. The monoisotopic (exact) mass is 2130 g/mol. The molecule has 6 unspecified atom stereocenters. The fraction of sp³-hybridized carbons (Fsp3) is 0.541. The molecule has 150 heavy (non-hydrogen) atoms. The van der Waals surface area contributed by atoms with Crippen LogP contribution in [0.2, 0.25) is 0 Å². The molecular weight excluding hydrogens is 1990 g/mol. The van der Waals surface area contributed by atoms with Crippen LogP contribution in [0.1, 0.15) is 231 Å². The molecular formula is C109H140N4O35S2. The summed E-state index contributed by atoms with van der Waals surface area (Å²) >= 11 is -1.50. The van der Waals surface area contributed by atoms with Crippen LogP contribution in [0, 0.1) is 75.0 Å². The van der Waals surface area contributed by atoms with E-state index in [1.807, 2.05) is 116 Å². The summed E-state index contributed by atoms with van der Waals surface area (Å²) in [5, 5.41) is 54.7. The number of hydrogen-bond donors (Lipinski definition) is 1. The van der Waals surface area contributed by atoms with Gasteiger partial charge in [-0.3, -0.25) is 54.8 Å². The van der Waals surface area contributed by atoms with Gasteiger partial charge in [-0.2, -0.15) is 16.8 Å². The van der Waals surface area contributed by atoms with Gasteiger partial charge in [-0.05, 0) is 228 Å². The first kappa shape index (κ1) is 124. The van der Waals surface area contributed by atoms with Crippen molar-refractivity contribution in [2.45, 2.75) is 289 Å². The largest absolute Gasteiger partial charge is 0.465 e. The van der Waals surface area contributed by atoms with E-state index in [-0.39, 0.29) is 168 Å². The molecule has 5 heterocycles. The van der Waals surface area contributed by atoms with Crippen LogP contribution in [-0.4, -0.2) is 235 Å². The molecule has 818 valence electrons. The molecule has 20 atom stereocenters. The molecule has 0 amide bonds. The van der Waals surface area contributed by atoms with Crippen molar-refractivity contribution in [2.75, 3.05) is 54.4 Å². The second kappa shape index (κ2) is 63.0. The summed E-state index contributed by atoms with van der Waals surface area (Å²) in [6, 6.07) is 39.5. The van der Waals surface area contributed by atoms with Gasteiger partial charge < -0.3 is 76.2 Å². The van der Waals surface area contributed by atoms with E-state index >= 15 is 0 Å². The van der Waals surface area contributed by atoms with Crippen LogP contribution < -0.4 is 0 Å². The Bertz CT molecular complexity index is 5500. The smallest absolute Gasteiger partial charge is 0.338 e. The van der Waals surface area contributed by atoms with E-state index in [0.717, 1.165) is 72.8 Å². The minimum Gasteiger partial charge on any atom is -0.465 e. The quantitative estimate of drug-likeness (QED) is 0.00705. The maximum Gasteiger partial charge on any atom is 0.338 e. The number of non-ortho nitro benzene ring substituents is 4. The van der Waals surface area contributed by atoms with Gasteiger partial charge in [-0.15, -0.1) is 5.73 Å². The minimum atomic E-state index is -1.11. The summed E-state index contributed by atoms with van der Waals surface area (Å²) in [6.07, 6.45) is 5.26. The average molecular weight is 2130 g/mol. The van der Waals surface area contributed by atoms with E-state index in [1.165, 1.54) is 97.1 Å². The number of rotatable bonds is 48. The van der Waals surface area contributed by atoms with Crippen molar-refractivity contribution < 1.29 is 146 Å². The third-order valence-electron chi connectivity index (χ3n) is 26.4. The lowest BCUT2D eigenvalue weighted by atomic mass is 9.77. The normalized spacial score (nSPS) is 22.4. The van der Waals surface area contributed by atoms with Crippen molar-refractivity contribution in [3.05, 3.63) is 274 Å². The number of aliphatic hydroxyl groups excluding tert-OH is 1. The maximum atomic E-state index is 13.7. The molecule has 5 fully saturated rings. The molecule has 5 aliphatic heterocycles. The van der Waals surface area contributed by atoms with Crippen LogP contribution in [0.3, 0.4) is 0 Å². The highest BCUT2D eigenvalue weighted by Crippen LogP contribution is 2.45. The Labute approximate surface area is 880 Å². The van der Waals surface area contributed by atoms with Gasteiger partial charge in [0, 0.05) is 120 Å². The van der Waals surface area contributed by atoms with Crippen LogP contribution >= 0.6 is 0 Å². The van der Waals surface area contributed by atoms with Crippen molar-refractivity contribution >= 4 is 87.7 Å². The highest BCUT2D eigenvalue weighted by molar-refractivity contribution is 7.52. The zero-order valence-electron chi connectivity index (χ0n) is 87.1. The highest BCUT2D eigenvalue weighted by atomic mass is 32.1. The Balaban J connectivity index is 0.000000334. The number of ether oxygens (including phenoxy) is 15. The summed E-state index contributed by atoms with van der Waals surface area (Å²) in [5.74, 6) is -4.28. The predicted molar refractivity (Wildman–Crippen MR) is 549 cm³/mol. The second-order valence-electron chi connectivity index (χ2n) is 39.6. The highest BCUT2D eigenvalue weighted by Gasteiger charge is 2.51. The summed E-state index contributed by atoms with van der Waals surface area (Å²) in [5.41, 5.74) is 6.44. The number of aliphatic hydroxyl groups is 1. The Hall–Kier alpha value is -12.5. The number of methoxy groups -OCH3 is 3. The predicted octanol–water partition coefficient (Wildman–Crippen LogP) is 17.9. The van der Waals surface area contributed by atoms with Crippen LogP contribution in [-0.2, 0) is 121 Å². The third kappa shape index (κ3) is 41.0. The molecule has 6 aromatic rings. The number of nitro groups is 4. The Kier molecular flexibility index (Phi) is 52.2. The lowest BCUT2D eigenvalue weighted by Crippen LogP contribution is -2.45. The molecule has 41 heteroatoms. The van der Waals surface area contributed by atoms with Gasteiger partial charge in [0.05, 0.1) is 158 Å². The van der Waals surface area contributed by atoms with Gasteiger partial charge in [0.2, 0.25) is 0 Å². The number of carbonyl (C=O) groups excluding carboxylic acids is 7. The molecule has 5 saturated heterocycles. The number of benzene rings is 6. The summed E-state index contributed by atoms with van der Waals surface area (Å²) < 4.78 is 123. The topological polar surface area (TPSA) is 519 Å². The van der Waals surface area contributed by atoms with Crippen molar-refractivity contribution in [3.63, 3.8) is 0 Å². The van der Waals surface area contributed by atoms with Crippen LogP contribution in [0.25, 0.3) is 0 Å². The van der Waals surface area contributed by atoms with Crippen molar-refractivity contribution in [1.82, 2.24) is 0 Å². The van der Waals surface area contributed by atoms with E-state index in [0.29, 0.717) is 71.0 Å². The van der Waals surface area contributed by atoms with Crippen LogP contribution in [0.4, 0.5) is 22.7 Å². The number of carbonyl (C=O) groups is 7. The summed E-state index contributed by atoms with van der Waals surface area (Å²) in [7, 11) is 4.80. The van der Waals surface area contributed by atoms with Gasteiger partial charge in [0.1, 0.15) is 25.4 Å². The fourth-order valence-electron chi connectivity index (χ4n) is 18.2. The van der Waals surface area contributed by atoms with E-state index < -0.39 is 133 Å². The van der Waals surface area contributed by atoms with E-state index in [1.54, 1.807) is 28.3 Å². The van der Waals surface area contributed by atoms with Crippen LogP contribution in [0.15, 0.2) is 200 Å². The first-order valence-corrected chi connectivity index (χ1v) is 51.1. The lowest BCUT2D eigenvalue weighted by molar-refractivity contribution is -0.385. The molecule has 0 radical (unpaired) electrons. The summed E-state index contributed by atoms with van der Waals surface area (Å²) in [6.45, 7) is 31.0. The SMILES string of the molecule is C=C1C[C@H](CCCOC(=O)C(C)(C)C)OC1CC[C@H]1CC(C)C(COC(=O)CC)C(C[C@@H]2O[C@H](C[C@@H](COC(=O)c3ccc([N+](=O)[O-])cc3)OC(=O)c3ccc([N+](=O)[O-])cc3)[C@H](OC)[C@H]2Cc2ccccc2)O1.C=C=C(C)C[C@@H](O)CCC1O[C@@H](CCCOC(=O)C(C)(C)C)CC1=C.COC(C)C[C@@H]1O[C@H](C[C@@H](COC(=O)c2ccc([N+](=O)[O-])cc2)OC(=O)c2ccc([N+](=O)[O-])cc2)[C@H](OC)[C@H]1Cc1ccccc1.O=S=O.O=S=O. The van der Waals surface area contributed by atoms with Gasteiger partial charge >= 0.3 is 64.9 Å². The van der Waals surface area contributed by atoms with E-state index in [9.17, 15) is 79.1 Å². The maximum absolute atomic E-state index is 13.7. The van der Waals surface area contributed by atoms with Gasteiger partial charge in [0.25, 0.3) is 22.7 Å². The Morgan fingerprint density at radius 2 is 0.853 bits per heavy atom. The van der Waals surface area contributed by atoms with E-state index in [4.69, 9.17) is 87.9 Å². The van der Waals surface area contributed by atoms with Crippen molar-refractivity contribution in [2.24, 2.45) is 34.5 Å². The molecule has 5 aliphatic rings. The molecule has 39 nitrogen and oxygen atoms in total. The molecule has 1 N–H and O–H groups in total. The Morgan fingerprint density at radius 3 is 1.22 bits per heavy atom. The van der Waals surface area contributed by atoms with Crippen molar-refractivity contribution in [3.8, 4) is 0 Å². The molecule has 0 bridgehead atoms. The zero-order chi connectivity index (χ0) is 110. The number of hydrogen-bond acceptors (Lipinski definition) is 35. The molecule has 6 aromatic carbocycles. The second-order valence-corrected chi connectivity index (χ2v) is 39.9. The van der Waals surface area contributed by atoms with Gasteiger partial charge in [-0.25, -0.2) is 19.2 Å². The number of esters is 7. The summed E-state index contributed by atoms with van der Waals surface area (Å²) in [4.78, 5) is 132.